The van der Waals surface area contributed by atoms with Crippen LogP contribution in [0, 0.1) is 11.2 Å². The molecular weight excluding hydrogens is 253 g/mol. The Kier molecular flexibility index (Phi) is 4.50. The minimum Gasteiger partial charge on any atom is -0.378 e. The van der Waals surface area contributed by atoms with Crippen LogP contribution in [-0.2, 0) is 11.2 Å². The lowest BCUT2D eigenvalue weighted by atomic mass is 9.75. The Morgan fingerprint density at radius 2 is 1.95 bits per heavy atom. The third-order valence-corrected chi connectivity index (χ3v) is 4.27. The van der Waals surface area contributed by atoms with Crippen molar-refractivity contribution in [3.05, 3.63) is 35.6 Å². The van der Waals surface area contributed by atoms with Crippen molar-refractivity contribution in [3.63, 3.8) is 0 Å². The molecule has 20 heavy (non-hydrogen) atoms. The molecule has 1 aliphatic rings. The van der Waals surface area contributed by atoms with Crippen molar-refractivity contribution in [2.45, 2.75) is 52.2 Å². The molecule has 0 bridgehead atoms. The Labute approximate surface area is 121 Å². The van der Waals surface area contributed by atoms with E-state index in [0.29, 0.717) is 0 Å². The second-order valence-corrected chi connectivity index (χ2v) is 7.03. The van der Waals surface area contributed by atoms with Gasteiger partial charge in [0.2, 0.25) is 0 Å². The highest BCUT2D eigenvalue weighted by atomic mass is 19.1. The topological polar surface area (TPSA) is 21.3 Å². The maximum Gasteiger partial charge on any atom is 0.123 e. The van der Waals surface area contributed by atoms with Gasteiger partial charge in [0.15, 0.2) is 0 Å². The highest BCUT2D eigenvalue weighted by molar-refractivity contribution is 5.19. The lowest BCUT2D eigenvalue weighted by Gasteiger charge is -2.36. The standard InChI is InChI=1S/C17H26FNO/c1-13-17(9-10-20-13,12-19-16(2,3)4)11-14-5-7-15(18)8-6-14/h5-8,13,19H,9-12H2,1-4H3. The van der Waals surface area contributed by atoms with E-state index in [-0.39, 0.29) is 22.9 Å². The maximum atomic E-state index is 13.0. The molecule has 0 saturated carbocycles. The average molecular weight is 279 g/mol. The zero-order chi connectivity index (χ0) is 14.8. The largest absolute Gasteiger partial charge is 0.378 e. The molecule has 0 aromatic heterocycles. The summed E-state index contributed by atoms with van der Waals surface area (Å²) in [6.07, 6.45) is 2.20. The second kappa shape index (κ2) is 5.82. The maximum absolute atomic E-state index is 13.0. The molecule has 2 unspecified atom stereocenters. The molecule has 1 aliphatic heterocycles. The molecule has 1 aromatic carbocycles. The molecule has 1 saturated heterocycles. The lowest BCUT2D eigenvalue weighted by Crippen LogP contribution is -2.47. The number of rotatable bonds is 4. The second-order valence-electron chi connectivity index (χ2n) is 7.03. The quantitative estimate of drug-likeness (QED) is 0.910. The van der Waals surface area contributed by atoms with Gasteiger partial charge < -0.3 is 10.1 Å². The van der Waals surface area contributed by atoms with E-state index in [4.69, 9.17) is 4.74 Å². The smallest absolute Gasteiger partial charge is 0.123 e. The molecule has 2 nitrogen and oxygen atoms in total. The van der Waals surface area contributed by atoms with Crippen LogP contribution < -0.4 is 5.32 Å². The fourth-order valence-electron chi connectivity index (χ4n) is 2.80. The minimum atomic E-state index is -0.175. The highest BCUT2D eigenvalue weighted by Gasteiger charge is 2.41. The van der Waals surface area contributed by atoms with Gasteiger partial charge in [-0.1, -0.05) is 12.1 Å². The van der Waals surface area contributed by atoms with E-state index in [2.05, 4.69) is 33.0 Å². The van der Waals surface area contributed by atoms with Crippen LogP contribution in [0.4, 0.5) is 4.39 Å². The third kappa shape index (κ3) is 3.80. The van der Waals surface area contributed by atoms with Gasteiger partial charge in [-0.3, -0.25) is 0 Å². The van der Waals surface area contributed by atoms with Crippen molar-refractivity contribution >= 4 is 0 Å². The fraction of sp³-hybridized carbons (Fsp3) is 0.647. The summed E-state index contributed by atoms with van der Waals surface area (Å²) in [4.78, 5) is 0. The van der Waals surface area contributed by atoms with Crippen molar-refractivity contribution in [3.8, 4) is 0 Å². The van der Waals surface area contributed by atoms with E-state index in [9.17, 15) is 4.39 Å². The molecule has 1 heterocycles. The number of ether oxygens (including phenoxy) is 1. The summed E-state index contributed by atoms with van der Waals surface area (Å²) >= 11 is 0. The highest BCUT2D eigenvalue weighted by Crippen LogP contribution is 2.38. The van der Waals surface area contributed by atoms with Crippen molar-refractivity contribution in [2.24, 2.45) is 5.41 Å². The van der Waals surface area contributed by atoms with Crippen LogP contribution in [-0.4, -0.2) is 24.8 Å². The van der Waals surface area contributed by atoms with Crippen LogP contribution in [0.3, 0.4) is 0 Å². The number of hydrogen-bond acceptors (Lipinski definition) is 2. The van der Waals surface area contributed by atoms with Crippen LogP contribution in [0.25, 0.3) is 0 Å². The molecule has 2 rings (SSSR count). The summed E-state index contributed by atoms with van der Waals surface area (Å²) in [7, 11) is 0. The van der Waals surface area contributed by atoms with Crippen LogP contribution in [0.1, 0.15) is 39.7 Å². The van der Waals surface area contributed by atoms with Gasteiger partial charge in [-0.2, -0.15) is 0 Å². The summed E-state index contributed by atoms with van der Waals surface area (Å²) in [5, 5.41) is 3.61. The first-order valence-corrected chi connectivity index (χ1v) is 7.42. The average Bonchev–Trinajstić information content (AvgIpc) is 2.71. The van der Waals surface area contributed by atoms with E-state index in [1.165, 1.54) is 5.56 Å². The van der Waals surface area contributed by atoms with Gasteiger partial charge >= 0.3 is 0 Å². The number of nitrogens with one attached hydrogen (secondary N) is 1. The monoisotopic (exact) mass is 279 g/mol. The first kappa shape index (κ1) is 15.5. The molecule has 3 heteroatoms. The van der Waals surface area contributed by atoms with Crippen LogP contribution in [0.5, 0.6) is 0 Å². The zero-order valence-corrected chi connectivity index (χ0v) is 13.0. The Morgan fingerprint density at radius 1 is 1.30 bits per heavy atom. The summed E-state index contributed by atoms with van der Waals surface area (Å²) in [5.41, 5.74) is 1.38. The molecule has 2 atom stereocenters. The van der Waals surface area contributed by atoms with E-state index < -0.39 is 0 Å². The van der Waals surface area contributed by atoms with Gasteiger partial charge in [0.1, 0.15) is 5.82 Å². The van der Waals surface area contributed by atoms with Gasteiger partial charge in [0.05, 0.1) is 6.10 Å². The first-order chi connectivity index (χ1) is 9.31. The summed E-state index contributed by atoms with van der Waals surface area (Å²) in [6, 6.07) is 6.86. The summed E-state index contributed by atoms with van der Waals surface area (Å²) in [5.74, 6) is -0.175. The van der Waals surface area contributed by atoms with Crippen LogP contribution >= 0.6 is 0 Å². The van der Waals surface area contributed by atoms with Gasteiger partial charge in [-0.05, 0) is 58.2 Å². The predicted molar refractivity (Wildman–Crippen MR) is 80.3 cm³/mol. The first-order valence-electron chi connectivity index (χ1n) is 7.42. The Hall–Kier alpha value is -0.930. The summed E-state index contributed by atoms with van der Waals surface area (Å²) < 4.78 is 18.9. The van der Waals surface area contributed by atoms with E-state index in [0.717, 1.165) is 26.0 Å². The normalized spacial score (nSPS) is 26.9. The third-order valence-electron chi connectivity index (χ3n) is 4.27. The number of halogens is 1. The van der Waals surface area contributed by atoms with E-state index in [1.807, 2.05) is 12.1 Å². The zero-order valence-electron chi connectivity index (χ0n) is 13.0. The molecule has 112 valence electrons. The van der Waals surface area contributed by atoms with Crippen LogP contribution in [0.2, 0.25) is 0 Å². The van der Waals surface area contributed by atoms with Gasteiger partial charge in [0.25, 0.3) is 0 Å². The molecule has 1 N–H and O–H groups in total. The molecule has 0 amide bonds. The van der Waals surface area contributed by atoms with Gasteiger partial charge in [0, 0.05) is 24.1 Å². The molecule has 1 aromatic rings. The Bertz CT molecular complexity index is 437. The van der Waals surface area contributed by atoms with Crippen molar-refractivity contribution in [1.82, 2.24) is 5.32 Å². The number of hydrogen-bond donors (Lipinski definition) is 1. The molecule has 0 aliphatic carbocycles. The molecule has 1 fully saturated rings. The van der Waals surface area contributed by atoms with Crippen molar-refractivity contribution in [2.75, 3.05) is 13.2 Å². The van der Waals surface area contributed by atoms with Crippen molar-refractivity contribution < 1.29 is 9.13 Å². The lowest BCUT2D eigenvalue weighted by molar-refractivity contribution is 0.0598. The Balaban J connectivity index is 2.13. The van der Waals surface area contributed by atoms with Gasteiger partial charge in [-0.15, -0.1) is 0 Å². The SMILES string of the molecule is CC1OCCC1(CNC(C)(C)C)Cc1ccc(F)cc1. The van der Waals surface area contributed by atoms with Crippen LogP contribution in [0.15, 0.2) is 24.3 Å². The fourth-order valence-corrected chi connectivity index (χ4v) is 2.80. The van der Waals surface area contributed by atoms with Crippen molar-refractivity contribution in [1.29, 1.82) is 0 Å². The minimum absolute atomic E-state index is 0.0953. The van der Waals surface area contributed by atoms with Gasteiger partial charge in [-0.25, -0.2) is 4.39 Å². The van der Waals surface area contributed by atoms with E-state index in [1.54, 1.807) is 12.1 Å². The molecule has 0 radical (unpaired) electrons. The summed E-state index contributed by atoms with van der Waals surface area (Å²) in [6.45, 7) is 10.4. The molecular formula is C17H26FNO. The Morgan fingerprint density at radius 3 is 2.45 bits per heavy atom. The number of benzene rings is 1. The molecule has 0 spiro atoms. The predicted octanol–water partition coefficient (Wildman–Crippen LogP) is 3.55. The van der Waals surface area contributed by atoms with E-state index >= 15 is 0 Å².